The van der Waals surface area contributed by atoms with Gasteiger partial charge < -0.3 is 5.32 Å². The number of nitrogens with one attached hydrogen (secondary N) is 2. The molecule has 0 atom stereocenters. The maximum absolute atomic E-state index is 4.07. The van der Waals surface area contributed by atoms with Crippen LogP contribution < -0.4 is 5.32 Å². The van der Waals surface area contributed by atoms with Crippen molar-refractivity contribution in [2.75, 3.05) is 6.54 Å². The van der Waals surface area contributed by atoms with E-state index in [9.17, 15) is 0 Å². The Morgan fingerprint density at radius 1 is 1.45 bits per heavy atom. The molecule has 0 unspecified atom stereocenters. The van der Waals surface area contributed by atoms with Crippen LogP contribution in [0.3, 0.4) is 0 Å². The second-order valence-electron chi connectivity index (χ2n) is 3.65. The second-order valence-corrected chi connectivity index (χ2v) is 3.65. The summed E-state index contributed by atoms with van der Waals surface area (Å²) in [4.78, 5) is 0. The predicted octanol–water partition coefficient (Wildman–Crippen LogP) is 0.545. The number of hydrogen-bond acceptors (Lipinski definition) is 2. The maximum atomic E-state index is 4.07. The third kappa shape index (κ3) is 0.639. The first-order valence-corrected chi connectivity index (χ1v) is 4.14. The first-order chi connectivity index (χ1) is 5.41. The van der Waals surface area contributed by atoms with Crippen LogP contribution in [0.25, 0.3) is 0 Å². The van der Waals surface area contributed by atoms with Crippen LogP contribution >= 0.6 is 0 Å². The van der Waals surface area contributed by atoms with Gasteiger partial charge in [-0.2, -0.15) is 5.10 Å². The zero-order valence-electron chi connectivity index (χ0n) is 6.35. The Morgan fingerprint density at radius 2 is 2.36 bits per heavy atom. The molecule has 3 heteroatoms. The van der Waals surface area contributed by atoms with Gasteiger partial charge in [0, 0.05) is 29.8 Å². The van der Waals surface area contributed by atoms with Crippen LogP contribution in [-0.2, 0) is 12.0 Å². The van der Waals surface area contributed by atoms with Gasteiger partial charge in [0.05, 0.1) is 6.20 Å². The molecule has 3 nitrogen and oxygen atoms in total. The van der Waals surface area contributed by atoms with Gasteiger partial charge in [-0.1, -0.05) is 0 Å². The lowest BCUT2D eigenvalue weighted by Crippen LogP contribution is -2.32. The van der Waals surface area contributed by atoms with Crippen LogP contribution in [0.1, 0.15) is 24.1 Å². The highest BCUT2D eigenvalue weighted by Gasteiger charge is 2.48. The number of hydrogen-bond donors (Lipinski definition) is 2. The lowest BCUT2D eigenvalue weighted by atomic mass is 9.95. The molecule has 1 aromatic rings. The van der Waals surface area contributed by atoms with Crippen molar-refractivity contribution in [2.24, 2.45) is 0 Å². The summed E-state index contributed by atoms with van der Waals surface area (Å²) >= 11 is 0. The van der Waals surface area contributed by atoms with E-state index in [0.29, 0.717) is 5.41 Å². The molecule has 0 radical (unpaired) electrons. The third-order valence-electron chi connectivity index (χ3n) is 2.88. The fraction of sp³-hybridized carbons (Fsp3) is 0.625. The quantitative estimate of drug-likeness (QED) is 0.565. The molecule has 1 aromatic heterocycles. The number of aromatic amines is 1. The highest BCUT2D eigenvalue weighted by Crippen LogP contribution is 2.49. The van der Waals surface area contributed by atoms with E-state index >= 15 is 0 Å². The van der Waals surface area contributed by atoms with Crippen molar-refractivity contribution < 1.29 is 0 Å². The molecule has 1 aliphatic carbocycles. The van der Waals surface area contributed by atoms with Crippen molar-refractivity contribution in [3.8, 4) is 0 Å². The molecule has 0 saturated heterocycles. The molecule has 0 aromatic carbocycles. The van der Waals surface area contributed by atoms with Gasteiger partial charge in [0.1, 0.15) is 0 Å². The van der Waals surface area contributed by atoms with Gasteiger partial charge in [-0.05, 0) is 12.8 Å². The van der Waals surface area contributed by atoms with Gasteiger partial charge in [0.2, 0.25) is 0 Å². The maximum Gasteiger partial charge on any atom is 0.0535 e. The van der Waals surface area contributed by atoms with Crippen molar-refractivity contribution in [3.05, 3.63) is 17.5 Å². The van der Waals surface area contributed by atoms with Gasteiger partial charge in [-0.25, -0.2) is 0 Å². The first-order valence-electron chi connectivity index (χ1n) is 4.14. The lowest BCUT2D eigenvalue weighted by molar-refractivity contribution is 0.521. The normalized spacial score (nSPS) is 25.1. The van der Waals surface area contributed by atoms with Gasteiger partial charge in [0.15, 0.2) is 0 Å². The Kier molecular flexibility index (Phi) is 0.874. The summed E-state index contributed by atoms with van der Waals surface area (Å²) < 4.78 is 0. The van der Waals surface area contributed by atoms with Crippen LogP contribution in [0.5, 0.6) is 0 Å². The number of aromatic nitrogens is 2. The molecule has 2 aliphatic rings. The Labute approximate surface area is 65.2 Å². The zero-order chi connectivity index (χ0) is 7.31. The van der Waals surface area contributed by atoms with Crippen LogP contribution in [-0.4, -0.2) is 16.7 Å². The molecular formula is C8H11N3. The molecule has 1 fully saturated rings. The zero-order valence-corrected chi connectivity index (χ0v) is 6.35. The molecule has 3 rings (SSSR count). The molecule has 0 amide bonds. The van der Waals surface area contributed by atoms with Crippen molar-refractivity contribution in [2.45, 2.75) is 24.8 Å². The molecule has 1 aliphatic heterocycles. The topological polar surface area (TPSA) is 40.7 Å². The van der Waals surface area contributed by atoms with E-state index in [-0.39, 0.29) is 0 Å². The highest BCUT2D eigenvalue weighted by molar-refractivity contribution is 5.34. The Balaban J connectivity index is 2.16. The second kappa shape index (κ2) is 1.67. The monoisotopic (exact) mass is 149 g/mol. The van der Waals surface area contributed by atoms with E-state index in [1.807, 2.05) is 6.20 Å². The van der Waals surface area contributed by atoms with E-state index in [1.54, 1.807) is 0 Å². The first kappa shape index (κ1) is 5.77. The van der Waals surface area contributed by atoms with Crippen molar-refractivity contribution in [1.82, 2.24) is 15.5 Å². The summed E-state index contributed by atoms with van der Waals surface area (Å²) in [6.45, 7) is 2.13. The smallest absolute Gasteiger partial charge is 0.0535 e. The molecule has 0 bridgehead atoms. The fourth-order valence-electron chi connectivity index (χ4n) is 2.01. The summed E-state index contributed by atoms with van der Waals surface area (Å²) in [6, 6.07) is 0. The van der Waals surface area contributed by atoms with Crippen LogP contribution in [0, 0.1) is 0 Å². The molecule has 11 heavy (non-hydrogen) atoms. The van der Waals surface area contributed by atoms with Crippen LogP contribution in [0.2, 0.25) is 0 Å². The summed E-state index contributed by atoms with van der Waals surface area (Å²) in [5, 5.41) is 10.6. The van der Waals surface area contributed by atoms with E-state index in [4.69, 9.17) is 0 Å². The van der Waals surface area contributed by atoms with Gasteiger partial charge in [-0.15, -0.1) is 0 Å². The molecule has 1 saturated carbocycles. The minimum Gasteiger partial charge on any atom is -0.312 e. The summed E-state index contributed by atoms with van der Waals surface area (Å²) in [6.07, 6.45) is 4.60. The molecule has 2 heterocycles. The summed E-state index contributed by atoms with van der Waals surface area (Å²) in [5.41, 5.74) is 3.23. The molecule has 58 valence electrons. The van der Waals surface area contributed by atoms with Crippen molar-refractivity contribution >= 4 is 0 Å². The van der Waals surface area contributed by atoms with Crippen LogP contribution in [0.4, 0.5) is 0 Å². The molecule has 1 spiro atoms. The number of H-pyrrole nitrogens is 1. The number of nitrogens with zero attached hydrogens (tertiary/aromatic N) is 1. The highest BCUT2D eigenvalue weighted by atomic mass is 15.1. The number of rotatable bonds is 0. The van der Waals surface area contributed by atoms with Gasteiger partial charge >= 0.3 is 0 Å². The molecular weight excluding hydrogens is 138 g/mol. The molecule has 2 N–H and O–H groups in total. The number of fused-ring (bicyclic) bond motifs is 2. The average Bonchev–Trinajstić information content (AvgIpc) is 2.63. The minimum atomic E-state index is 0.462. The fourth-order valence-corrected chi connectivity index (χ4v) is 2.01. The van der Waals surface area contributed by atoms with Gasteiger partial charge in [0.25, 0.3) is 0 Å². The van der Waals surface area contributed by atoms with E-state index in [2.05, 4.69) is 15.5 Å². The average molecular weight is 149 g/mol. The van der Waals surface area contributed by atoms with E-state index < -0.39 is 0 Å². The standard InChI is InChI=1S/C8H11N3/c1-2-8(1)5-9-3-6-4-10-11-7(6)8/h4,9H,1-3,5H2,(H,10,11). The van der Waals surface area contributed by atoms with Crippen molar-refractivity contribution in [1.29, 1.82) is 0 Å². The van der Waals surface area contributed by atoms with Crippen molar-refractivity contribution in [3.63, 3.8) is 0 Å². The Morgan fingerprint density at radius 3 is 3.18 bits per heavy atom. The van der Waals surface area contributed by atoms with Crippen LogP contribution in [0.15, 0.2) is 6.20 Å². The summed E-state index contributed by atoms with van der Waals surface area (Å²) in [5.74, 6) is 0. The Hall–Kier alpha value is -0.830. The third-order valence-corrected chi connectivity index (χ3v) is 2.88. The van der Waals surface area contributed by atoms with E-state index in [0.717, 1.165) is 13.1 Å². The largest absolute Gasteiger partial charge is 0.312 e. The lowest BCUT2D eigenvalue weighted by Gasteiger charge is -2.21. The minimum absolute atomic E-state index is 0.462. The summed E-state index contributed by atoms with van der Waals surface area (Å²) in [7, 11) is 0. The SMILES string of the molecule is c1n[nH]c2c1CNCC21CC1. The Bertz CT molecular complexity index is 285. The van der Waals surface area contributed by atoms with Gasteiger partial charge in [-0.3, -0.25) is 5.10 Å². The predicted molar refractivity (Wildman–Crippen MR) is 41.2 cm³/mol. The van der Waals surface area contributed by atoms with E-state index in [1.165, 1.54) is 24.1 Å².